The predicted octanol–water partition coefficient (Wildman–Crippen LogP) is 25.9. The summed E-state index contributed by atoms with van der Waals surface area (Å²) in [7, 11) is 0. The monoisotopic (exact) mass is 1250 g/mol. The van der Waals surface area contributed by atoms with Crippen LogP contribution in [0.2, 0.25) is 0 Å². The standard InChI is InChI=1S/C76H110F2N2O2S4/c1-5-9-13-17-21-25-27-31-35-39-44-59(43-37-33-29-23-19-15-11-7-3)57-79-73(69-48-42-54-84-69)71-72(76(79)82)74(70-52-51-68(86-70)67-50-49-66(85-67)62-56-63(77)61(55-64(62)78)65-47-41-53-83-65)80(75(71)81)58-60(45-38-34-30-24-20-16-12-8-4)46-40-36-32-28-26-22-18-14-10-6-2/h41-42,47-56,59-60H,5-40,43-46,57-58H2,1-4H3. The topological polar surface area (TPSA) is 40.6 Å². The number of amides is 2. The molecule has 0 aliphatic carbocycles. The fourth-order valence-corrected chi connectivity index (χ4v) is 17.1. The number of carbonyl (C=O) groups is 2. The van der Waals surface area contributed by atoms with Crippen LogP contribution in [0.25, 0.3) is 42.0 Å². The Bertz CT molecular complexity index is 2750. The Balaban J connectivity index is 1.18. The zero-order chi connectivity index (χ0) is 60.6. The van der Waals surface area contributed by atoms with Gasteiger partial charge in [-0.05, 0) is 96.8 Å². The van der Waals surface area contributed by atoms with Gasteiger partial charge in [0.1, 0.15) is 11.6 Å². The van der Waals surface area contributed by atoms with Gasteiger partial charge in [-0.15, -0.1) is 45.3 Å². The van der Waals surface area contributed by atoms with Crippen LogP contribution in [0, 0.1) is 23.5 Å². The van der Waals surface area contributed by atoms with Crippen molar-refractivity contribution in [2.75, 3.05) is 13.1 Å². The van der Waals surface area contributed by atoms with Crippen molar-refractivity contribution < 1.29 is 18.4 Å². The van der Waals surface area contributed by atoms with Gasteiger partial charge in [0.05, 0.1) is 32.3 Å². The molecule has 86 heavy (non-hydrogen) atoms. The number of halogens is 2. The number of thiophene rings is 4. The number of hydrogen-bond donors (Lipinski definition) is 0. The second-order valence-electron chi connectivity index (χ2n) is 25.6. The average Bonchev–Trinajstić information content (AvgIpc) is 1.62. The van der Waals surface area contributed by atoms with Crippen molar-refractivity contribution in [3.8, 4) is 30.6 Å². The van der Waals surface area contributed by atoms with Gasteiger partial charge in [-0.2, -0.15) is 0 Å². The van der Waals surface area contributed by atoms with Gasteiger partial charge in [0.15, 0.2) is 0 Å². The molecule has 2 aliphatic heterocycles. The molecule has 0 saturated carbocycles. The normalized spacial score (nSPS) is 14.3. The highest BCUT2D eigenvalue weighted by atomic mass is 32.1. The maximum atomic E-state index is 15.9. The van der Waals surface area contributed by atoms with Crippen molar-refractivity contribution in [2.24, 2.45) is 11.8 Å². The molecule has 2 unspecified atom stereocenters. The van der Waals surface area contributed by atoms with Crippen molar-refractivity contribution in [1.82, 2.24) is 9.80 Å². The van der Waals surface area contributed by atoms with Gasteiger partial charge in [-0.3, -0.25) is 9.59 Å². The maximum absolute atomic E-state index is 15.9. The van der Waals surface area contributed by atoms with E-state index >= 15 is 18.4 Å². The van der Waals surface area contributed by atoms with Crippen LogP contribution < -0.4 is 0 Å². The van der Waals surface area contributed by atoms with Crippen molar-refractivity contribution in [1.29, 1.82) is 0 Å². The van der Waals surface area contributed by atoms with Gasteiger partial charge in [-0.25, -0.2) is 8.78 Å². The lowest BCUT2D eigenvalue weighted by molar-refractivity contribution is -0.124. The van der Waals surface area contributed by atoms with E-state index in [2.05, 4.69) is 67.1 Å². The fourth-order valence-electron chi connectivity index (χ4n) is 13.4. The summed E-state index contributed by atoms with van der Waals surface area (Å²) < 4.78 is 31.6. The quantitative estimate of drug-likeness (QED) is 0.0364. The maximum Gasteiger partial charge on any atom is 0.261 e. The van der Waals surface area contributed by atoms with E-state index in [-0.39, 0.29) is 22.9 Å². The van der Waals surface area contributed by atoms with Crippen molar-refractivity contribution in [2.45, 2.75) is 285 Å². The van der Waals surface area contributed by atoms with Gasteiger partial charge < -0.3 is 9.80 Å². The molecule has 0 fully saturated rings. The van der Waals surface area contributed by atoms with Crippen LogP contribution in [0.5, 0.6) is 0 Å². The molecule has 2 aliphatic rings. The van der Waals surface area contributed by atoms with Gasteiger partial charge in [0.2, 0.25) is 0 Å². The number of hydrogen-bond acceptors (Lipinski definition) is 6. The van der Waals surface area contributed by atoms with E-state index in [1.165, 1.54) is 253 Å². The van der Waals surface area contributed by atoms with Gasteiger partial charge in [-0.1, -0.05) is 271 Å². The minimum absolute atomic E-state index is 0.0237. The van der Waals surface area contributed by atoms with Gasteiger partial charge in [0, 0.05) is 43.7 Å². The highest BCUT2D eigenvalue weighted by Gasteiger charge is 2.50. The summed E-state index contributed by atoms with van der Waals surface area (Å²) in [6.07, 6.45) is 50.7. The molecule has 4 nitrogen and oxygen atoms in total. The Kier molecular flexibility index (Phi) is 32.6. The van der Waals surface area contributed by atoms with E-state index in [4.69, 9.17) is 0 Å². The second-order valence-corrected chi connectivity index (χ2v) is 29.6. The Morgan fingerprint density at radius 1 is 0.349 bits per heavy atom. The van der Waals surface area contributed by atoms with Crippen molar-refractivity contribution >= 4 is 68.6 Å². The zero-order valence-corrected chi connectivity index (χ0v) is 57.1. The summed E-state index contributed by atoms with van der Waals surface area (Å²) in [5.41, 5.74) is 3.30. The summed E-state index contributed by atoms with van der Waals surface area (Å²) >= 11 is 6.10. The van der Waals surface area contributed by atoms with Crippen LogP contribution in [-0.4, -0.2) is 34.7 Å². The number of rotatable bonds is 49. The second kappa shape index (κ2) is 40.1. The lowest BCUT2D eigenvalue weighted by atomic mass is 9.93. The molecule has 2 atom stereocenters. The van der Waals surface area contributed by atoms with E-state index in [9.17, 15) is 0 Å². The van der Waals surface area contributed by atoms with E-state index < -0.39 is 11.6 Å². The van der Waals surface area contributed by atoms with Gasteiger partial charge in [0.25, 0.3) is 11.8 Å². The minimum atomic E-state index is -0.449. The SMILES string of the molecule is CCCCCCCCCCCCC(CCCCCCCCCC)CN1C(=O)C2=C(c3ccc(-c4ccc(-c5cc(F)c(-c6cccs6)cc5F)s4)s3)N(CC(CCCCCCCCCC)CCCCCCCCCCCC)C(=O)C2=C1c1cccs1. The smallest absolute Gasteiger partial charge is 0.261 e. The summed E-state index contributed by atoms with van der Waals surface area (Å²) in [5, 5.41) is 3.97. The summed E-state index contributed by atoms with van der Waals surface area (Å²) in [6, 6.07) is 18.7. The number of nitrogens with zero attached hydrogens (tertiary/aromatic N) is 2. The fraction of sp³-hybridized carbons (Fsp3) is 0.632. The molecule has 6 heterocycles. The number of carbonyl (C=O) groups excluding carboxylic acids is 2. The van der Waals surface area contributed by atoms with Crippen LogP contribution in [0.15, 0.2) is 82.6 Å². The molecule has 2 amide bonds. The van der Waals surface area contributed by atoms with Crippen LogP contribution in [0.4, 0.5) is 8.78 Å². The molecule has 7 rings (SSSR count). The van der Waals surface area contributed by atoms with E-state index in [1.807, 2.05) is 29.6 Å². The lowest BCUT2D eigenvalue weighted by Crippen LogP contribution is -2.34. The molecular formula is C76H110F2N2O2S4. The first kappa shape index (κ1) is 69.8. The molecule has 474 valence electrons. The molecule has 1 aromatic carbocycles. The predicted molar refractivity (Wildman–Crippen MR) is 372 cm³/mol. The number of fused-ring (bicyclic) bond motifs is 1. The first-order valence-corrected chi connectivity index (χ1v) is 38.6. The number of benzene rings is 1. The molecule has 0 radical (unpaired) electrons. The zero-order valence-electron chi connectivity index (χ0n) is 53.9. The van der Waals surface area contributed by atoms with E-state index in [1.54, 1.807) is 22.7 Å². The minimum Gasteiger partial charge on any atom is -0.306 e. The van der Waals surface area contributed by atoms with Gasteiger partial charge >= 0.3 is 0 Å². The largest absolute Gasteiger partial charge is 0.306 e. The van der Waals surface area contributed by atoms with E-state index in [0.29, 0.717) is 45.8 Å². The highest BCUT2D eigenvalue weighted by molar-refractivity contribution is 7.24. The molecule has 0 spiro atoms. The summed E-state index contributed by atoms with van der Waals surface area (Å²) in [4.78, 5) is 41.2. The van der Waals surface area contributed by atoms with Crippen LogP contribution in [0.1, 0.15) is 294 Å². The number of unbranched alkanes of at least 4 members (excludes halogenated alkanes) is 32. The van der Waals surface area contributed by atoms with E-state index in [0.717, 1.165) is 69.4 Å². The van der Waals surface area contributed by atoms with Crippen LogP contribution >= 0.6 is 45.3 Å². The van der Waals surface area contributed by atoms with Crippen molar-refractivity contribution in [3.05, 3.63) is 104 Å². The molecule has 0 N–H and O–H groups in total. The molecular weight excluding hydrogens is 1140 g/mol. The Hall–Kier alpha value is -3.70. The molecule has 5 aromatic rings. The molecule has 4 aromatic heterocycles. The Labute approximate surface area is 537 Å². The third-order valence-electron chi connectivity index (χ3n) is 18.5. The molecule has 0 bridgehead atoms. The lowest BCUT2D eigenvalue weighted by Gasteiger charge is -2.29. The Morgan fingerprint density at radius 2 is 0.640 bits per heavy atom. The molecule has 0 saturated heterocycles. The first-order chi connectivity index (χ1) is 42.3. The average molecular weight is 1250 g/mol. The van der Waals surface area contributed by atoms with Crippen LogP contribution in [0.3, 0.4) is 0 Å². The third kappa shape index (κ3) is 21.8. The summed E-state index contributed by atoms with van der Waals surface area (Å²) in [5.74, 6) is -0.271. The first-order valence-electron chi connectivity index (χ1n) is 35.2. The summed E-state index contributed by atoms with van der Waals surface area (Å²) in [6.45, 7) is 10.4. The van der Waals surface area contributed by atoms with Crippen molar-refractivity contribution in [3.63, 3.8) is 0 Å². The molecule has 10 heteroatoms. The highest BCUT2D eigenvalue weighted by Crippen LogP contribution is 2.51. The van der Waals surface area contributed by atoms with Crippen LogP contribution in [-0.2, 0) is 9.59 Å². The Morgan fingerprint density at radius 3 is 0.988 bits per heavy atom. The third-order valence-corrected chi connectivity index (χ3v) is 22.7.